The molecule has 0 aromatic heterocycles. The molecule has 19 heavy (non-hydrogen) atoms. The maximum absolute atomic E-state index is 5.72. The molecule has 3 nitrogen and oxygen atoms in total. The van der Waals surface area contributed by atoms with E-state index in [4.69, 9.17) is 14.2 Å². The van der Waals surface area contributed by atoms with Gasteiger partial charge in [0.05, 0.1) is 13.2 Å². The summed E-state index contributed by atoms with van der Waals surface area (Å²) in [5.74, 6) is 1.59. The van der Waals surface area contributed by atoms with Gasteiger partial charge in [-0.2, -0.15) is 0 Å². The first kappa shape index (κ1) is 12.5. The fraction of sp³-hybridized carbons (Fsp3) is 0.200. The second kappa shape index (κ2) is 5.63. The van der Waals surface area contributed by atoms with Crippen LogP contribution in [0.3, 0.4) is 0 Å². The van der Waals surface area contributed by atoms with Crippen molar-refractivity contribution in [3.63, 3.8) is 0 Å². The van der Waals surface area contributed by atoms with Gasteiger partial charge in [0.25, 0.3) is 0 Å². The smallest absolute Gasteiger partial charge is 0.231 e. The van der Waals surface area contributed by atoms with Crippen molar-refractivity contribution in [2.75, 3.05) is 6.79 Å². The van der Waals surface area contributed by atoms with E-state index in [9.17, 15) is 0 Å². The number of fused-ring (bicyclic) bond motifs is 1. The SMILES string of the molecule is Brc1ccccc1COCc1ccc2c(c1)OCO2. The molecule has 98 valence electrons. The van der Waals surface area contributed by atoms with Gasteiger partial charge in [0.1, 0.15) is 0 Å². The minimum absolute atomic E-state index is 0.302. The molecule has 0 bridgehead atoms. The predicted octanol–water partition coefficient (Wildman–Crippen LogP) is 3.89. The van der Waals surface area contributed by atoms with E-state index < -0.39 is 0 Å². The van der Waals surface area contributed by atoms with Crippen LogP contribution in [0, 0.1) is 0 Å². The van der Waals surface area contributed by atoms with Crippen molar-refractivity contribution in [2.45, 2.75) is 13.2 Å². The summed E-state index contributed by atoms with van der Waals surface area (Å²) in [6.45, 7) is 1.43. The first-order chi connectivity index (χ1) is 9.33. The molecule has 1 aliphatic heterocycles. The summed E-state index contributed by atoms with van der Waals surface area (Å²) in [5, 5.41) is 0. The van der Waals surface area contributed by atoms with Crippen LogP contribution in [0.2, 0.25) is 0 Å². The Kier molecular flexibility index (Phi) is 3.71. The van der Waals surface area contributed by atoms with E-state index >= 15 is 0 Å². The monoisotopic (exact) mass is 320 g/mol. The number of hydrogen-bond acceptors (Lipinski definition) is 3. The molecule has 0 fully saturated rings. The van der Waals surface area contributed by atoms with Gasteiger partial charge in [0.2, 0.25) is 6.79 Å². The van der Waals surface area contributed by atoms with Crippen molar-refractivity contribution in [3.05, 3.63) is 58.1 Å². The lowest BCUT2D eigenvalue weighted by Gasteiger charge is -2.07. The van der Waals surface area contributed by atoms with Gasteiger partial charge in [0.15, 0.2) is 11.5 Å². The van der Waals surface area contributed by atoms with Crippen molar-refractivity contribution < 1.29 is 14.2 Å². The molecule has 1 aliphatic rings. The van der Waals surface area contributed by atoms with Crippen molar-refractivity contribution in [1.82, 2.24) is 0 Å². The summed E-state index contributed by atoms with van der Waals surface area (Å²) >= 11 is 3.51. The Morgan fingerprint density at radius 3 is 2.74 bits per heavy atom. The third kappa shape index (κ3) is 2.91. The number of halogens is 1. The minimum atomic E-state index is 0.302. The highest BCUT2D eigenvalue weighted by Gasteiger charge is 2.13. The van der Waals surface area contributed by atoms with E-state index in [1.54, 1.807) is 0 Å². The van der Waals surface area contributed by atoms with E-state index in [1.165, 1.54) is 0 Å². The van der Waals surface area contributed by atoms with E-state index in [0.29, 0.717) is 20.0 Å². The molecule has 0 saturated carbocycles. The van der Waals surface area contributed by atoms with Crippen LogP contribution in [0.5, 0.6) is 11.5 Å². The predicted molar refractivity (Wildman–Crippen MR) is 75.2 cm³/mol. The molecule has 0 saturated heterocycles. The molecular weight excluding hydrogens is 308 g/mol. The first-order valence-corrected chi connectivity index (χ1v) is 6.82. The molecule has 0 unspecified atom stereocenters. The molecule has 0 radical (unpaired) electrons. The Morgan fingerprint density at radius 2 is 1.84 bits per heavy atom. The van der Waals surface area contributed by atoms with Gasteiger partial charge >= 0.3 is 0 Å². The van der Waals surface area contributed by atoms with Gasteiger partial charge in [-0.3, -0.25) is 0 Å². The maximum atomic E-state index is 5.72. The molecule has 3 rings (SSSR count). The van der Waals surface area contributed by atoms with Crippen LogP contribution in [0.1, 0.15) is 11.1 Å². The highest BCUT2D eigenvalue weighted by molar-refractivity contribution is 9.10. The standard InChI is InChI=1S/C15H13BrO3/c16-13-4-2-1-3-12(13)9-17-8-11-5-6-14-15(7-11)19-10-18-14/h1-7H,8-10H2. The number of rotatable bonds is 4. The fourth-order valence-corrected chi connectivity index (χ4v) is 2.32. The van der Waals surface area contributed by atoms with Crippen LogP contribution in [0.4, 0.5) is 0 Å². The van der Waals surface area contributed by atoms with Crippen LogP contribution >= 0.6 is 15.9 Å². The summed E-state index contributed by atoms with van der Waals surface area (Å²) < 4.78 is 17.4. The lowest BCUT2D eigenvalue weighted by atomic mass is 10.2. The largest absolute Gasteiger partial charge is 0.454 e. The molecule has 1 heterocycles. The van der Waals surface area contributed by atoms with Gasteiger partial charge < -0.3 is 14.2 Å². The summed E-state index contributed by atoms with van der Waals surface area (Å²) in [4.78, 5) is 0. The van der Waals surface area contributed by atoms with Gasteiger partial charge in [-0.15, -0.1) is 0 Å². The topological polar surface area (TPSA) is 27.7 Å². The average Bonchev–Trinajstić information content (AvgIpc) is 2.88. The molecule has 0 amide bonds. The second-order valence-electron chi connectivity index (χ2n) is 4.27. The Hall–Kier alpha value is -1.52. The zero-order valence-electron chi connectivity index (χ0n) is 10.3. The van der Waals surface area contributed by atoms with Gasteiger partial charge in [0, 0.05) is 4.47 Å². The molecule has 0 atom stereocenters. The number of ether oxygens (including phenoxy) is 3. The lowest BCUT2D eigenvalue weighted by Crippen LogP contribution is -1.95. The molecule has 0 N–H and O–H groups in total. The van der Waals surface area contributed by atoms with E-state index in [1.807, 2.05) is 42.5 Å². The van der Waals surface area contributed by atoms with Crippen molar-refractivity contribution in [2.24, 2.45) is 0 Å². The fourth-order valence-electron chi connectivity index (χ4n) is 1.93. The molecular formula is C15H13BrO3. The molecule has 4 heteroatoms. The van der Waals surface area contributed by atoms with Crippen LogP contribution in [0.25, 0.3) is 0 Å². The van der Waals surface area contributed by atoms with E-state index in [2.05, 4.69) is 15.9 Å². The Balaban J connectivity index is 1.59. The van der Waals surface area contributed by atoms with Crippen molar-refractivity contribution in [3.8, 4) is 11.5 Å². The minimum Gasteiger partial charge on any atom is -0.454 e. The van der Waals surface area contributed by atoms with Crippen LogP contribution in [-0.2, 0) is 18.0 Å². The molecule has 2 aromatic carbocycles. The van der Waals surface area contributed by atoms with Gasteiger partial charge in [-0.25, -0.2) is 0 Å². The Labute approximate surface area is 120 Å². The van der Waals surface area contributed by atoms with E-state index in [0.717, 1.165) is 27.1 Å². The highest BCUT2D eigenvalue weighted by Crippen LogP contribution is 2.32. The first-order valence-electron chi connectivity index (χ1n) is 6.02. The Morgan fingerprint density at radius 1 is 1.00 bits per heavy atom. The molecule has 2 aromatic rings. The maximum Gasteiger partial charge on any atom is 0.231 e. The summed E-state index contributed by atoms with van der Waals surface area (Å²) in [7, 11) is 0. The number of benzene rings is 2. The average molecular weight is 321 g/mol. The van der Waals surface area contributed by atoms with Crippen LogP contribution < -0.4 is 9.47 Å². The summed E-state index contributed by atoms with van der Waals surface area (Å²) in [6.07, 6.45) is 0. The van der Waals surface area contributed by atoms with Gasteiger partial charge in [-0.1, -0.05) is 40.2 Å². The van der Waals surface area contributed by atoms with Crippen molar-refractivity contribution in [1.29, 1.82) is 0 Å². The van der Waals surface area contributed by atoms with E-state index in [-0.39, 0.29) is 0 Å². The quantitative estimate of drug-likeness (QED) is 0.855. The molecule has 0 aliphatic carbocycles. The molecule has 0 spiro atoms. The van der Waals surface area contributed by atoms with Crippen LogP contribution in [-0.4, -0.2) is 6.79 Å². The summed E-state index contributed by atoms with van der Waals surface area (Å²) in [5.41, 5.74) is 2.22. The third-order valence-electron chi connectivity index (χ3n) is 2.92. The van der Waals surface area contributed by atoms with Gasteiger partial charge in [-0.05, 0) is 29.3 Å². The van der Waals surface area contributed by atoms with Crippen molar-refractivity contribution >= 4 is 15.9 Å². The highest BCUT2D eigenvalue weighted by atomic mass is 79.9. The summed E-state index contributed by atoms with van der Waals surface area (Å²) in [6, 6.07) is 13.9. The zero-order chi connectivity index (χ0) is 13.1. The lowest BCUT2D eigenvalue weighted by molar-refractivity contribution is 0.106. The normalized spacial score (nSPS) is 12.7. The zero-order valence-corrected chi connectivity index (χ0v) is 11.9. The second-order valence-corrected chi connectivity index (χ2v) is 5.13. The number of hydrogen-bond donors (Lipinski definition) is 0. The Bertz CT molecular complexity index is 583. The third-order valence-corrected chi connectivity index (χ3v) is 3.69. The van der Waals surface area contributed by atoms with Crippen LogP contribution in [0.15, 0.2) is 46.9 Å².